The van der Waals surface area contributed by atoms with Crippen molar-refractivity contribution in [2.45, 2.75) is 32.3 Å². The van der Waals surface area contributed by atoms with Gasteiger partial charge in [-0.05, 0) is 34.5 Å². The molecule has 1 atom stereocenters. The molecule has 0 radical (unpaired) electrons. The van der Waals surface area contributed by atoms with Crippen LogP contribution in [0.4, 0.5) is 4.39 Å². The van der Waals surface area contributed by atoms with Gasteiger partial charge in [-0.2, -0.15) is 0 Å². The molecular weight excluding hydrogens is 282 g/mol. The molecule has 1 nitrogen and oxygen atoms in total. The van der Waals surface area contributed by atoms with Crippen molar-refractivity contribution in [1.29, 1.82) is 0 Å². The Hall–Kier alpha value is -0.120. The minimum Gasteiger partial charge on any atom is -0.388 e. The number of benzene rings is 1. The van der Waals surface area contributed by atoms with Crippen LogP contribution in [0.2, 0.25) is 5.02 Å². The number of halogens is 3. The molecule has 0 aromatic heterocycles. The highest BCUT2D eigenvalue weighted by Crippen LogP contribution is 2.30. The topological polar surface area (TPSA) is 20.2 Å². The molecule has 0 amide bonds. The summed E-state index contributed by atoms with van der Waals surface area (Å²) in [6, 6.07) is 2.76. The van der Waals surface area contributed by atoms with Crippen LogP contribution in [0.1, 0.15) is 37.9 Å². The number of hydrogen-bond acceptors (Lipinski definition) is 1. The lowest BCUT2D eigenvalue weighted by atomic mass is 10.0. The van der Waals surface area contributed by atoms with Gasteiger partial charge in [0.05, 0.1) is 11.1 Å². The molecule has 1 rings (SSSR count). The molecule has 0 fully saturated rings. The first-order valence-electron chi connectivity index (χ1n) is 4.88. The molecule has 0 saturated heterocycles. The van der Waals surface area contributed by atoms with Crippen molar-refractivity contribution in [3.8, 4) is 0 Å². The van der Waals surface area contributed by atoms with Gasteiger partial charge < -0.3 is 5.11 Å². The Morgan fingerprint density at radius 2 is 2.20 bits per heavy atom. The zero-order valence-corrected chi connectivity index (χ0v) is 10.8. The predicted octanol–water partition coefficient (Wildman–Crippen LogP) is 4.47. The molecule has 0 heterocycles. The molecule has 84 valence electrons. The molecule has 1 aromatic rings. The minimum absolute atomic E-state index is 0.275. The summed E-state index contributed by atoms with van der Waals surface area (Å²) in [7, 11) is 0. The number of hydrogen-bond donors (Lipinski definition) is 1. The second-order valence-electron chi connectivity index (χ2n) is 3.45. The number of rotatable bonds is 4. The molecule has 1 N–H and O–H groups in total. The molecule has 0 bridgehead atoms. The Morgan fingerprint density at radius 3 is 2.80 bits per heavy atom. The van der Waals surface area contributed by atoms with Crippen molar-refractivity contribution in [3.63, 3.8) is 0 Å². The Morgan fingerprint density at radius 1 is 1.53 bits per heavy atom. The van der Waals surface area contributed by atoms with E-state index in [0.717, 1.165) is 12.8 Å². The zero-order valence-electron chi connectivity index (χ0n) is 8.43. The molecule has 0 aliphatic carbocycles. The highest BCUT2D eigenvalue weighted by atomic mass is 79.9. The lowest BCUT2D eigenvalue weighted by Gasteiger charge is -2.12. The fourth-order valence-electron chi connectivity index (χ4n) is 1.35. The van der Waals surface area contributed by atoms with E-state index >= 15 is 0 Å². The lowest BCUT2D eigenvalue weighted by molar-refractivity contribution is 0.159. The van der Waals surface area contributed by atoms with E-state index in [-0.39, 0.29) is 5.56 Å². The summed E-state index contributed by atoms with van der Waals surface area (Å²) < 4.78 is 14.0. The Labute approximate surface area is 102 Å². The summed E-state index contributed by atoms with van der Waals surface area (Å²) >= 11 is 8.97. The third kappa shape index (κ3) is 3.44. The average Bonchev–Trinajstić information content (AvgIpc) is 2.20. The van der Waals surface area contributed by atoms with Gasteiger partial charge in [0.25, 0.3) is 0 Å². The zero-order chi connectivity index (χ0) is 11.4. The lowest BCUT2D eigenvalue weighted by Crippen LogP contribution is -2.01. The van der Waals surface area contributed by atoms with Gasteiger partial charge in [0.2, 0.25) is 0 Å². The van der Waals surface area contributed by atoms with Gasteiger partial charge in [0.1, 0.15) is 5.82 Å². The van der Waals surface area contributed by atoms with Gasteiger partial charge in [0.15, 0.2) is 0 Å². The van der Waals surface area contributed by atoms with Crippen molar-refractivity contribution in [2.24, 2.45) is 0 Å². The SMILES string of the molecule is CCCCC(O)c1cc(Cl)c(Br)cc1F. The highest BCUT2D eigenvalue weighted by molar-refractivity contribution is 9.10. The second kappa shape index (κ2) is 5.83. The Kier molecular flexibility index (Phi) is 5.03. The predicted molar refractivity (Wildman–Crippen MR) is 63.6 cm³/mol. The van der Waals surface area contributed by atoms with Crippen LogP contribution in [0.25, 0.3) is 0 Å². The molecule has 0 spiro atoms. The molecular formula is C11H13BrClFO. The summed E-state index contributed by atoms with van der Waals surface area (Å²) in [5.41, 5.74) is 0.275. The molecule has 0 saturated carbocycles. The first kappa shape index (κ1) is 12.9. The average molecular weight is 296 g/mol. The molecule has 0 aliphatic rings. The van der Waals surface area contributed by atoms with Crippen LogP contribution in [0, 0.1) is 5.82 Å². The first-order valence-corrected chi connectivity index (χ1v) is 6.05. The molecule has 1 aromatic carbocycles. The molecule has 0 aliphatic heterocycles. The van der Waals surface area contributed by atoms with Crippen LogP contribution in [-0.4, -0.2) is 5.11 Å². The maximum atomic E-state index is 13.5. The summed E-state index contributed by atoms with van der Waals surface area (Å²) in [5.74, 6) is -0.421. The van der Waals surface area contributed by atoms with E-state index in [0.29, 0.717) is 15.9 Å². The summed E-state index contributed by atoms with van der Waals surface area (Å²) in [6.45, 7) is 2.03. The maximum Gasteiger partial charge on any atom is 0.130 e. The van der Waals surface area contributed by atoms with E-state index in [1.807, 2.05) is 6.92 Å². The van der Waals surface area contributed by atoms with Crippen LogP contribution >= 0.6 is 27.5 Å². The van der Waals surface area contributed by atoms with Crippen molar-refractivity contribution < 1.29 is 9.50 Å². The van der Waals surface area contributed by atoms with Crippen LogP contribution in [-0.2, 0) is 0 Å². The van der Waals surface area contributed by atoms with Gasteiger partial charge in [0, 0.05) is 10.0 Å². The maximum absolute atomic E-state index is 13.5. The fourth-order valence-corrected chi connectivity index (χ4v) is 1.83. The molecule has 4 heteroatoms. The van der Waals surface area contributed by atoms with Crippen LogP contribution < -0.4 is 0 Å². The first-order chi connectivity index (χ1) is 7.06. The standard InChI is InChI=1S/C11H13BrClFO/c1-2-3-4-11(15)7-5-9(13)8(12)6-10(7)14/h5-6,11,15H,2-4H2,1H3. The monoisotopic (exact) mass is 294 g/mol. The van der Waals surface area contributed by atoms with Crippen molar-refractivity contribution in [2.75, 3.05) is 0 Å². The highest BCUT2D eigenvalue weighted by Gasteiger charge is 2.14. The smallest absolute Gasteiger partial charge is 0.130 e. The normalized spacial score (nSPS) is 12.9. The number of unbranched alkanes of at least 4 members (excludes halogenated alkanes) is 1. The van der Waals surface area contributed by atoms with Crippen molar-refractivity contribution in [3.05, 3.63) is 33.0 Å². The minimum atomic E-state index is -0.768. The fraction of sp³-hybridized carbons (Fsp3) is 0.455. The quantitative estimate of drug-likeness (QED) is 0.813. The second-order valence-corrected chi connectivity index (χ2v) is 4.71. The largest absolute Gasteiger partial charge is 0.388 e. The van der Waals surface area contributed by atoms with Crippen LogP contribution in [0.3, 0.4) is 0 Å². The van der Waals surface area contributed by atoms with Crippen LogP contribution in [0.15, 0.2) is 16.6 Å². The van der Waals surface area contributed by atoms with Crippen molar-refractivity contribution in [1.82, 2.24) is 0 Å². The van der Waals surface area contributed by atoms with Crippen LogP contribution in [0.5, 0.6) is 0 Å². The Balaban J connectivity index is 2.88. The van der Waals surface area contributed by atoms with E-state index in [9.17, 15) is 9.50 Å². The third-order valence-corrected chi connectivity index (χ3v) is 3.43. The molecule has 1 unspecified atom stereocenters. The van der Waals surface area contributed by atoms with E-state index in [1.54, 1.807) is 0 Å². The summed E-state index contributed by atoms with van der Waals surface area (Å²) in [6.07, 6.45) is 1.64. The van der Waals surface area contributed by atoms with E-state index in [1.165, 1.54) is 12.1 Å². The number of aliphatic hydroxyl groups is 1. The van der Waals surface area contributed by atoms with Gasteiger partial charge in [-0.3, -0.25) is 0 Å². The third-order valence-electron chi connectivity index (χ3n) is 2.23. The van der Waals surface area contributed by atoms with Gasteiger partial charge >= 0.3 is 0 Å². The molecule has 15 heavy (non-hydrogen) atoms. The summed E-state index contributed by atoms with van der Waals surface area (Å²) in [5, 5.41) is 10.2. The van der Waals surface area contributed by atoms with E-state index in [2.05, 4.69) is 15.9 Å². The van der Waals surface area contributed by atoms with E-state index < -0.39 is 11.9 Å². The van der Waals surface area contributed by atoms with Gasteiger partial charge in [-0.1, -0.05) is 31.4 Å². The van der Waals surface area contributed by atoms with Gasteiger partial charge in [-0.25, -0.2) is 4.39 Å². The summed E-state index contributed by atoms with van der Waals surface area (Å²) in [4.78, 5) is 0. The van der Waals surface area contributed by atoms with E-state index in [4.69, 9.17) is 11.6 Å². The van der Waals surface area contributed by atoms with Gasteiger partial charge in [-0.15, -0.1) is 0 Å². The number of aliphatic hydroxyl groups excluding tert-OH is 1. The Bertz CT molecular complexity index is 344. The van der Waals surface area contributed by atoms with Crippen molar-refractivity contribution >= 4 is 27.5 Å².